The molecule has 21 atom stereocenters. The summed E-state index contributed by atoms with van der Waals surface area (Å²) in [4.78, 5) is 91.3. The van der Waals surface area contributed by atoms with Gasteiger partial charge in [-0.2, -0.15) is 0 Å². The number of phenolic OH excluding ortho intramolecular Hbond substituents is 3. The van der Waals surface area contributed by atoms with Gasteiger partial charge in [-0.05, 0) is 133 Å². The van der Waals surface area contributed by atoms with Gasteiger partial charge in [0.2, 0.25) is 47.5 Å². The zero-order valence-corrected chi connectivity index (χ0v) is 62.5. The monoisotopic (exact) mass is 1600 g/mol. The van der Waals surface area contributed by atoms with Crippen LogP contribution in [0.15, 0.2) is 133 Å². The number of nitrogens with two attached hydrogens (primary N) is 4. The van der Waals surface area contributed by atoms with Gasteiger partial charge in [0.25, 0.3) is 0 Å². The lowest BCUT2D eigenvalue weighted by Crippen LogP contribution is -2.64. The molecule has 600 valence electrons. The van der Waals surface area contributed by atoms with Crippen molar-refractivity contribution in [3.8, 4) is 68.2 Å². The number of aromatic hydroxyl groups is 3. The summed E-state index contributed by atoms with van der Waals surface area (Å²) < 4.78 is 52.1. The molecule has 0 radical (unpaired) electrons. The van der Waals surface area contributed by atoms with Gasteiger partial charge < -0.3 is 133 Å². The number of carbonyl (C=O) groups excluding carboxylic acids is 6. The molecule has 15 rings (SSSR count). The molecule has 3 saturated heterocycles. The molecule has 113 heavy (non-hydrogen) atoms. The molecule has 0 saturated carbocycles. The van der Waals surface area contributed by atoms with Gasteiger partial charge in [0, 0.05) is 58.2 Å². The predicted molar refractivity (Wildman–Crippen MR) is 401 cm³/mol. The first kappa shape index (κ1) is 81.2. The number of benzene rings is 7. The molecule has 1 unspecified atom stereocenters. The maximum atomic E-state index is 16.4. The van der Waals surface area contributed by atoms with Crippen LogP contribution in [0.5, 0.6) is 46.0 Å². The first-order valence-electron chi connectivity index (χ1n) is 36.1. The Morgan fingerprint density at radius 2 is 1.20 bits per heavy atom. The van der Waals surface area contributed by atoms with Crippen LogP contribution in [-0.2, 0) is 59.0 Å². The van der Waals surface area contributed by atoms with Crippen molar-refractivity contribution in [2.24, 2.45) is 22.9 Å². The molecule has 35 heteroatoms. The highest BCUT2D eigenvalue weighted by molar-refractivity contribution is 6.32. The van der Waals surface area contributed by atoms with Crippen LogP contribution in [0.25, 0.3) is 22.3 Å². The zero-order valence-electron chi connectivity index (χ0n) is 61.0. The third-order valence-electron chi connectivity index (χ3n) is 20.8. The van der Waals surface area contributed by atoms with Crippen molar-refractivity contribution in [1.29, 1.82) is 0 Å². The molecule has 6 amide bonds. The molecule has 0 spiro atoms. The maximum Gasteiger partial charge on any atom is 0.248 e. The van der Waals surface area contributed by atoms with Crippen LogP contribution in [0, 0.1) is 0 Å². The highest BCUT2D eigenvalue weighted by atomic mass is 35.5. The number of nitrogens with one attached hydrogen (secondary N) is 6. The van der Waals surface area contributed by atoms with Crippen LogP contribution in [0.2, 0.25) is 10.0 Å². The summed E-state index contributed by atoms with van der Waals surface area (Å²) in [6.45, 7) is 5.16. The van der Waals surface area contributed by atoms with Crippen LogP contribution in [-0.4, -0.2) is 185 Å². The zero-order chi connectivity index (χ0) is 81.0. The summed E-state index contributed by atoms with van der Waals surface area (Å²) in [5.41, 5.74) is 23.8. The molecule has 7 aromatic rings. The van der Waals surface area contributed by atoms with Crippen molar-refractivity contribution >= 4 is 58.6 Å². The van der Waals surface area contributed by atoms with Gasteiger partial charge in [-0.3, -0.25) is 34.1 Å². The van der Waals surface area contributed by atoms with Crippen molar-refractivity contribution in [3.05, 3.63) is 177 Å². The van der Waals surface area contributed by atoms with Crippen molar-refractivity contribution in [2.45, 2.75) is 181 Å². The van der Waals surface area contributed by atoms with Gasteiger partial charge in [0.05, 0.1) is 42.5 Å². The lowest BCUT2D eigenvalue weighted by molar-refractivity contribution is -0.333. The van der Waals surface area contributed by atoms with E-state index in [4.69, 9.17) is 84.0 Å². The third-order valence-corrected chi connectivity index (χ3v) is 21.4. The van der Waals surface area contributed by atoms with Gasteiger partial charge in [-0.15, -0.1) is 0 Å². The van der Waals surface area contributed by atoms with E-state index in [1.807, 2.05) is 36.4 Å². The van der Waals surface area contributed by atoms with E-state index in [1.165, 1.54) is 81.4 Å². The first-order chi connectivity index (χ1) is 53.6. The molecule has 11 bridgehead atoms. The number of carbonyl (C=O) groups is 6. The second-order valence-corrected chi connectivity index (χ2v) is 30.3. The lowest BCUT2D eigenvalue weighted by atomic mass is 9.86. The molecule has 7 aromatic carbocycles. The summed E-state index contributed by atoms with van der Waals surface area (Å²) in [5, 5.41) is 121. The van der Waals surface area contributed by atoms with Gasteiger partial charge >= 0.3 is 0 Å². The topological polar surface area (TPSA) is 535 Å². The van der Waals surface area contributed by atoms with Crippen molar-refractivity contribution in [3.63, 3.8) is 0 Å². The highest BCUT2D eigenvalue weighted by Gasteiger charge is 2.52. The molecule has 3 fully saturated rings. The number of aliphatic hydroxyl groups is 6. The number of hydrogen-bond acceptors (Lipinski definition) is 27. The van der Waals surface area contributed by atoms with Gasteiger partial charge in [-0.1, -0.05) is 83.9 Å². The fraction of sp³-hybridized carbons (Fsp3) is 0.385. The summed E-state index contributed by atoms with van der Waals surface area (Å²) in [7, 11) is 0. The van der Waals surface area contributed by atoms with E-state index in [2.05, 4.69) is 31.9 Å². The molecular weight excluding hydrogens is 1520 g/mol. The predicted octanol–water partition coefficient (Wildman–Crippen LogP) is 2.88. The summed E-state index contributed by atoms with van der Waals surface area (Å²) in [5.74, 6) is -11.1. The smallest absolute Gasteiger partial charge is 0.248 e. The summed E-state index contributed by atoms with van der Waals surface area (Å²) in [6, 6.07) is 21.5. The number of rotatable bonds is 13. The molecule has 23 N–H and O–H groups in total. The van der Waals surface area contributed by atoms with Crippen LogP contribution in [0.3, 0.4) is 0 Å². The molecule has 8 heterocycles. The minimum absolute atomic E-state index is 0.0517. The number of hydrogen-bond donors (Lipinski definition) is 19. The largest absolute Gasteiger partial charge is 0.508 e. The minimum Gasteiger partial charge on any atom is -0.508 e. The quantitative estimate of drug-likeness (QED) is 0.0789. The number of halogens is 2. The Morgan fingerprint density at radius 1 is 0.611 bits per heavy atom. The molecule has 0 aliphatic carbocycles. The van der Waals surface area contributed by atoms with Crippen LogP contribution >= 0.6 is 23.2 Å². The molecular formula is C78H86Cl2N10O23. The van der Waals surface area contributed by atoms with E-state index in [-0.39, 0.29) is 74.9 Å². The Hall–Kier alpha value is -9.86. The molecule has 8 aliphatic heterocycles. The van der Waals surface area contributed by atoms with Crippen LogP contribution in [0.1, 0.15) is 111 Å². The number of fused-ring (bicyclic) bond motifs is 15. The van der Waals surface area contributed by atoms with Crippen molar-refractivity contribution in [1.82, 2.24) is 31.9 Å². The average Bonchev–Trinajstić information content (AvgIpc) is 0.763. The highest BCUT2D eigenvalue weighted by Crippen LogP contribution is 2.50. The van der Waals surface area contributed by atoms with E-state index in [0.717, 1.165) is 35.4 Å². The Morgan fingerprint density at radius 3 is 1.83 bits per heavy atom. The lowest BCUT2D eigenvalue weighted by Gasteiger charge is -2.47. The fourth-order valence-corrected chi connectivity index (χ4v) is 15.0. The van der Waals surface area contributed by atoms with Gasteiger partial charge in [-0.25, -0.2) is 0 Å². The minimum atomic E-state index is -2.25. The van der Waals surface area contributed by atoms with E-state index in [9.17, 15) is 55.5 Å². The Kier molecular flexibility index (Phi) is 23.6. The summed E-state index contributed by atoms with van der Waals surface area (Å²) in [6.07, 6.45) is -23.1. The van der Waals surface area contributed by atoms with Gasteiger partial charge in [0.15, 0.2) is 30.2 Å². The standard InChI is InChI=1S/C78H86Cl2N10O23/c1-32-68(99)77(3,83)28-55(106-32)111-65-37-11-17-43(18-12-37)108-51-23-40-24-52(66(51)113-76-67(64(98)63(97)53(31-91)110-76)112-56-29-78(4,84)69(100)33(2)107-56)109-50-20-14-39(22-46(50)80)62(96)58(82)72(102)86-47(27-54(81)95)71(101)87-60(40)74(104)88-59-38-13-19-48(93)44(21-38)57-45(25-42(92)26-49(57)94)70(90-75(105)61(65)89-73(59)103)85-30-34-5-7-35(8-6-34)36-9-15-41(79)16-10-36/h5-26,32-33,47,53,55-56,58-65,67-70,76,85,91-94,96-100H,27-31,82-84H2,1-4H3,(H2,81,95)(H,86,102)(H,87,101)(H,88,104)(H,89,103)(H,90,105)/t32-,33-,47-,53+,55-,56-,58+,59+,60+,61-,62+,63+,64-,65+,67+,68-,69-,70?,76-,77-,78-/m0/s1. The van der Waals surface area contributed by atoms with Crippen molar-refractivity contribution in [2.75, 3.05) is 6.61 Å². The Balaban J connectivity index is 1.03. The Bertz CT molecular complexity index is 4760. The normalized spacial score (nSPS) is 31.4. The maximum absolute atomic E-state index is 16.4. The van der Waals surface area contributed by atoms with Gasteiger partial charge in [0.1, 0.15) is 95.6 Å². The second-order valence-electron chi connectivity index (χ2n) is 29.4. The average molecular weight is 1600 g/mol. The molecule has 8 aliphatic rings. The fourth-order valence-electron chi connectivity index (χ4n) is 14.7. The van der Waals surface area contributed by atoms with Crippen LogP contribution in [0.4, 0.5) is 0 Å². The first-order valence-corrected chi connectivity index (χ1v) is 36.9. The molecule has 33 nitrogen and oxygen atoms in total. The van der Waals surface area contributed by atoms with E-state index in [0.29, 0.717) is 10.6 Å². The number of aliphatic hydroxyl groups excluding tert-OH is 6. The second kappa shape index (κ2) is 32.9. The SMILES string of the molecule is C[C@@H]1O[C@@H](O[C@H]2[C@H](Oc3c4cc5cc3Oc3ccc(cc3Cl)[C@@H](O)[C@@H](N)C(=O)N[C@@H](CC(N)=O)C(=O)N[C@H]5C(=O)N[C@H]3C(=O)N[C@H](C(=O)NC(NCc5ccc(-c6ccc(Cl)cc6)cc5)c5cc(O)cc(O)c5-c5cc3ccc5O)[C@H](O[C@H]3C[C@](C)(N)[C@@H](O)[C@H](C)O3)c3ccc(cc3)O4)O[C@H](CO)[C@@H](O)[C@@H]2O)C[C@](C)(N)[C@H]1O. The summed E-state index contributed by atoms with van der Waals surface area (Å²) >= 11 is 13.2. The van der Waals surface area contributed by atoms with E-state index >= 15 is 19.2 Å². The number of primary amides is 1. The van der Waals surface area contributed by atoms with Crippen molar-refractivity contribution < 1.29 is 113 Å². The number of ether oxygens (including phenoxy) is 8. The number of phenols is 3. The van der Waals surface area contributed by atoms with E-state index < -0.39 is 210 Å². The Labute approximate surface area is 655 Å². The third kappa shape index (κ3) is 17.3. The molecule has 0 aromatic heterocycles. The van der Waals surface area contributed by atoms with Crippen LogP contribution < -0.4 is 69.0 Å². The number of amides is 6. The van der Waals surface area contributed by atoms with E-state index in [1.54, 1.807) is 19.1 Å².